The lowest BCUT2D eigenvalue weighted by Gasteiger charge is -2.07. The summed E-state index contributed by atoms with van der Waals surface area (Å²) in [5.41, 5.74) is 5.79. The molecule has 0 radical (unpaired) electrons. The van der Waals surface area contributed by atoms with Gasteiger partial charge in [0.2, 0.25) is 10.0 Å². The third-order valence-corrected chi connectivity index (χ3v) is 6.62. The maximum Gasteiger partial charge on any atom is 0.238 e. The first-order chi connectivity index (χ1) is 13.9. The summed E-state index contributed by atoms with van der Waals surface area (Å²) in [5, 5.41) is 5.39. The number of nitrogens with zero attached hydrogens (tertiary/aromatic N) is 1. The Morgan fingerprint density at radius 1 is 1.00 bits per heavy atom. The molecule has 6 heteroatoms. The van der Waals surface area contributed by atoms with Gasteiger partial charge in [-0.05, 0) is 48.6 Å². The van der Waals surface area contributed by atoms with E-state index in [0.717, 1.165) is 28.8 Å². The van der Waals surface area contributed by atoms with Crippen molar-refractivity contribution in [1.29, 1.82) is 0 Å². The summed E-state index contributed by atoms with van der Waals surface area (Å²) in [4.78, 5) is 8.35. The van der Waals surface area contributed by atoms with Gasteiger partial charge < -0.3 is 4.98 Å². The van der Waals surface area contributed by atoms with Crippen LogP contribution in [0.25, 0.3) is 22.2 Å². The normalized spacial score (nSPS) is 18.8. The van der Waals surface area contributed by atoms with Gasteiger partial charge in [0.15, 0.2) is 0 Å². The van der Waals surface area contributed by atoms with Crippen LogP contribution in [0.2, 0.25) is 0 Å². The number of hydrogen-bond donors (Lipinski definition) is 2. The molecule has 2 atom stereocenters. The second-order valence-electron chi connectivity index (χ2n) is 7.75. The summed E-state index contributed by atoms with van der Waals surface area (Å²) in [6.07, 6.45) is 1.09. The van der Waals surface area contributed by atoms with Crippen molar-refractivity contribution in [3.05, 3.63) is 83.7 Å². The smallest absolute Gasteiger partial charge is 0.238 e. The minimum absolute atomic E-state index is 0.126. The fourth-order valence-electron chi connectivity index (χ4n) is 4.00. The summed E-state index contributed by atoms with van der Waals surface area (Å²) >= 11 is 0. The van der Waals surface area contributed by atoms with E-state index in [2.05, 4.69) is 36.2 Å². The first kappa shape index (κ1) is 18.1. The Hall–Kier alpha value is -2.96. The predicted molar refractivity (Wildman–Crippen MR) is 114 cm³/mol. The number of primary sulfonamides is 1. The summed E-state index contributed by atoms with van der Waals surface area (Å²) < 4.78 is 23.9. The summed E-state index contributed by atoms with van der Waals surface area (Å²) in [7, 11) is -3.80. The molecule has 1 aromatic heterocycles. The lowest BCUT2D eigenvalue weighted by molar-refractivity contribution is 0.598. The Labute approximate surface area is 169 Å². The van der Waals surface area contributed by atoms with Crippen LogP contribution < -0.4 is 5.14 Å². The lowest BCUT2D eigenvalue weighted by Crippen LogP contribution is -2.13. The number of imidazole rings is 1. The van der Waals surface area contributed by atoms with Crippen LogP contribution in [-0.4, -0.2) is 18.4 Å². The maximum absolute atomic E-state index is 11.9. The molecule has 1 aliphatic carbocycles. The molecule has 3 aromatic carbocycles. The molecule has 4 aromatic rings. The third kappa shape index (κ3) is 3.34. The highest BCUT2D eigenvalue weighted by molar-refractivity contribution is 7.89. The Morgan fingerprint density at radius 3 is 2.52 bits per heavy atom. The predicted octanol–water partition coefficient (Wildman–Crippen LogP) is 4.46. The van der Waals surface area contributed by atoms with E-state index >= 15 is 0 Å². The van der Waals surface area contributed by atoms with Crippen molar-refractivity contribution in [3.8, 4) is 11.1 Å². The van der Waals surface area contributed by atoms with Gasteiger partial charge in [-0.1, -0.05) is 54.1 Å². The van der Waals surface area contributed by atoms with Crippen LogP contribution in [0.15, 0.2) is 71.6 Å². The zero-order valence-corrected chi connectivity index (χ0v) is 16.8. The molecule has 29 heavy (non-hydrogen) atoms. The molecule has 0 unspecified atom stereocenters. The van der Waals surface area contributed by atoms with E-state index in [1.165, 1.54) is 17.2 Å². The molecule has 0 saturated heterocycles. The molecule has 1 saturated carbocycles. The van der Waals surface area contributed by atoms with Gasteiger partial charge in [-0.15, -0.1) is 0 Å². The van der Waals surface area contributed by atoms with Crippen molar-refractivity contribution >= 4 is 21.1 Å². The van der Waals surface area contributed by atoms with Gasteiger partial charge in [0, 0.05) is 11.5 Å². The van der Waals surface area contributed by atoms with Crippen LogP contribution in [-0.2, 0) is 10.0 Å². The average molecular weight is 404 g/mol. The van der Waals surface area contributed by atoms with Crippen molar-refractivity contribution in [2.45, 2.75) is 30.1 Å². The van der Waals surface area contributed by atoms with Crippen molar-refractivity contribution in [3.63, 3.8) is 0 Å². The second-order valence-corrected chi connectivity index (χ2v) is 9.28. The number of fused-ring (bicyclic) bond motifs is 1. The van der Waals surface area contributed by atoms with Crippen molar-refractivity contribution in [2.75, 3.05) is 0 Å². The van der Waals surface area contributed by atoms with Crippen molar-refractivity contribution in [1.82, 2.24) is 9.97 Å². The van der Waals surface area contributed by atoms with E-state index in [9.17, 15) is 8.42 Å². The molecule has 1 heterocycles. The number of benzene rings is 3. The minimum atomic E-state index is -3.80. The molecule has 1 fully saturated rings. The number of aryl methyl sites for hydroxylation is 1. The van der Waals surface area contributed by atoms with Gasteiger partial charge >= 0.3 is 0 Å². The Bertz CT molecular complexity index is 1320. The standard InChI is InChI=1S/C23H21N3O2S/c1-14-6-8-15(9-7-14)18-13-19(18)23-25-20-11-10-16(12-21(20)26-23)17-4-2-3-5-22(17)29(24,27)28/h2-12,18-19H,13H2,1H3,(H,25,26)(H2,24,27,28)/t18-,19-/m0/s1. The fourth-order valence-corrected chi connectivity index (χ4v) is 4.77. The summed E-state index contributed by atoms with van der Waals surface area (Å²) in [5.74, 6) is 1.88. The molecule has 5 rings (SSSR count). The van der Waals surface area contributed by atoms with Crippen LogP contribution in [0.5, 0.6) is 0 Å². The number of aromatic amines is 1. The van der Waals surface area contributed by atoms with E-state index in [-0.39, 0.29) is 4.90 Å². The zero-order chi connectivity index (χ0) is 20.2. The molecule has 0 spiro atoms. The topological polar surface area (TPSA) is 88.8 Å². The minimum Gasteiger partial charge on any atom is -0.342 e. The summed E-state index contributed by atoms with van der Waals surface area (Å²) in [6.45, 7) is 2.10. The number of aromatic nitrogens is 2. The van der Waals surface area contributed by atoms with Crippen molar-refractivity contribution < 1.29 is 8.42 Å². The molecule has 0 bridgehead atoms. The fraction of sp³-hybridized carbons (Fsp3) is 0.174. The Morgan fingerprint density at radius 2 is 1.76 bits per heavy atom. The quantitative estimate of drug-likeness (QED) is 0.527. The zero-order valence-electron chi connectivity index (χ0n) is 16.0. The van der Waals surface area contributed by atoms with Crippen LogP contribution in [0.3, 0.4) is 0 Å². The van der Waals surface area contributed by atoms with Crippen LogP contribution >= 0.6 is 0 Å². The van der Waals surface area contributed by atoms with Crippen LogP contribution in [0.4, 0.5) is 0 Å². The van der Waals surface area contributed by atoms with E-state index in [0.29, 0.717) is 17.4 Å². The first-order valence-electron chi connectivity index (χ1n) is 9.58. The number of rotatable bonds is 4. The van der Waals surface area contributed by atoms with Gasteiger partial charge in [-0.25, -0.2) is 18.5 Å². The Kier molecular flexibility index (Phi) is 4.08. The second kappa shape index (κ2) is 6.54. The Balaban J connectivity index is 1.49. The molecular formula is C23H21N3O2S. The van der Waals surface area contributed by atoms with Crippen LogP contribution in [0.1, 0.15) is 35.2 Å². The molecular weight excluding hydrogens is 382 g/mol. The van der Waals surface area contributed by atoms with Gasteiger partial charge in [-0.3, -0.25) is 0 Å². The van der Waals surface area contributed by atoms with E-state index in [1.54, 1.807) is 12.1 Å². The summed E-state index contributed by atoms with van der Waals surface area (Å²) in [6, 6.07) is 21.2. The molecule has 5 nitrogen and oxygen atoms in total. The first-order valence-corrected chi connectivity index (χ1v) is 11.1. The van der Waals surface area contributed by atoms with Gasteiger partial charge in [0.05, 0.1) is 15.9 Å². The maximum atomic E-state index is 11.9. The molecule has 0 aliphatic heterocycles. The number of sulfonamides is 1. The average Bonchev–Trinajstić information content (AvgIpc) is 3.39. The number of hydrogen-bond acceptors (Lipinski definition) is 3. The molecule has 3 N–H and O–H groups in total. The number of nitrogens with two attached hydrogens (primary N) is 1. The van der Waals surface area contributed by atoms with E-state index < -0.39 is 10.0 Å². The van der Waals surface area contributed by atoms with Gasteiger partial charge in [0.25, 0.3) is 0 Å². The monoisotopic (exact) mass is 403 g/mol. The number of H-pyrrole nitrogens is 1. The van der Waals surface area contributed by atoms with Gasteiger partial charge in [-0.2, -0.15) is 0 Å². The highest BCUT2D eigenvalue weighted by atomic mass is 32.2. The highest BCUT2D eigenvalue weighted by Crippen LogP contribution is 2.54. The van der Waals surface area contributed by atoms with Crippen molar-refractivity contribution in [2.24, 2.45) is 5.14 Å². The van der Waals surface area contributed by atoms with Crippen LogP contribution in [0, 0.1) is 6.92 Å². The van der Waals surface area contributed by atoms with Gasteiger partial charge in [0.1, 0.15) is 5.82 Å². The third-order valence-electron chi connectivity index (χ3n) is 5.65. The highest BCUT2D eigenvalue weighted by Gasteiger charge is 2.41. The van der Waals surface area contributed by atoms with E-state index in [4.69, 9.17) is 10.1 Å². The lowest BCUT2D eigenvalue weighted by atomic mass is 10.1. The largest absolute Gasteiger partial charge is 0.342 e. The number of nitrogens with one attached hydrogen (secondary N) is 1. The molecule has 146 valence electrons. The SMILES string of the molecule is Cc1ccc([C@@H]2C[C@@H]2c2nc3ccc(-c4ccccc4S(N)(=O)=O)cc3[nH]2)cc1. The molecule has 0 amide bonds. The van der Waals surface area contributed by atoms with E-state index in [1.807, 2.05) is 24.3 Å². The molecule has 1 aliphatic rings.